The first kappa shape index (κ1) is 11.0. The smallest absolute Gasteiger partial charge is 0.0520 e. The SMILES string of the molecule is COCCC1(COC)CCNCC1. The Bertz CT molecular complexity index is 127. The highest BCUT2D eigenvalue weighted by atomic mass is 16.5. The van der Waals surface area contributed by atoms with E-state index < -0.39 is 0 Å². The van der Waals surface area contributed by atoms with Crippen molar-refractivity contribution in [2.24, 2.45) is 5.41 Å². The van der Waals surface area contributed by atoms with Crippen LogP contribution in [0.4, 0.5) is 0 Å². The van der Waals surface area contributed by atoms with Gasteiger partial charge in [-0.3, -0.25) is 0 Å². The van der Waals surface area contributed by atoms with E-state index in [9.17, 15) is 0 Å². The summed E-state index contributed by atoms with van der Waals surface area (Å²) in [6, 6.07) is 0. The molecule has 0 unspecified atom stereocenters. The zero-order valence-corrected chi connectivity index (χ0v) is 8.77. The molecular weight excluding hydrogens is 166 g/mol. The van der Waals surface area contributed by atoms with Crippen LogP contribution < -0.4 is 5.32 Å². The fourth-order valence-corrected chi connectivity index (χ4v) is 2.05. The first-order chi connectivity index (χ1) is 6.33. The molecule has 78 valence electrons. The van der Waals surface area contributed by atoms with Crippen LogP contribution in [-0.4, -0.2) is 40.5 Å². The molecule has 1 aliphatic heterocycles. The molecule has 0 aliphatic carbocycles. The Kier molecular flexibility index (Phi) is 4.70. The molecule has 0 amide bonds. The number of rotatable bonds is 5. The van der Waals surface area contributed by atoms with E-state index in [-0.39, 0.29) is 0 Å². The molecule has 0 radical (unpaired) electrons. The van der Waals surface area contributed by atoms with E-state index >= 15 is 0 Å². The van der Waals surface area contributed by atoms with Crippen molar-refractivity contribution in [3.8, 4) is 0 Å². The van der Waals surface area contributed by atoms with Crippen LogP contribution in [-0.2, 0) is 9.47 Å². The number of hydrogen-bond donors (Lipinski definition) is 1. The second-order valence-electron chi connectivity index (χ2n) is 3.93. The van der Waals surface area contributed by atoms with Gasteiger partial charge in [0.2, 0.25) is 0 Å². The Morgan fingerprint density at radius 2 is 1.85 bits per heavy atom. The highest BCUT2D eigenvalue weighted by molar-refractivity contribution is 4.84. The highest BCUT2D eigenvalue weighted by Crippen LogP contribution is 2.32. The van der Waals surface area contributed by atoms with Crippen molar-refractivity contribution >= 4 is 0 Å². The van der Waals surface area contributed by atoms with Crippen molar-refractivity contribution in [1.29, 1.82) is 0 Å². The van der Waals surface area contributed by atoms with Crippen molar-refractivity contribution in [3.63, 3.8) is 0 Å². The van der Waals surface area contributed by atoms with Gasteiger partial charge in [-0.15, -0.1) is 0 Å². The fourth-order valence-electron chi connectivity index (χ4n) is 2.05. The molecule has 0 spiro atoms. The standard InChI is InChI=1S/C10H21NO2/c1-12-8-5-10(9-13-2)3-6-11-7-4-10/h11H,3-9H2,1-2H3. The lowest BCUT2D eigenvalue weighted by molar-refractivity contribution is 0.0263. The number of methoxy groups -OCH3 is 2. The predicted molar refractivity (Wildman–Crippen MR) is 52.9 cm³/mol. The van der Waals surface area contributed by atoms with Crippen molar-refractivity contribution < 1.29 is 9.47 Å². The average molecular weight is 187 g/mol. The van der Waals surface area contributed by atoms with Gasteiger partial charge in [0.05, 0.1) is 6.61 Å². The van der Waals surface area contributed by atoms with Gasteiger partial charge in [-0.25, -0.2) is 0 Å². The van der Waals surface area contributed by atoms with Crippen LogP contribution >= 0.6 is 0 Å². The van der Waals surface area contributed by atoms with Gasteiger partial charge >= 0.3 is 0 Å². The minimum absolute atomic E-state index is 0.371. The van der Waals surface area contributed by atoms with Crippen LogP contribution in [0.15, 0.2) is 0 Å². The Hall–Kier alpha value is -0.120. The van der Waals surface area contributed by atoms with Gasteiger partial charge in [0, 0.05) is 20.8 Å². The first-order valence-corrected chi connectivity index (χ1v) is 5.02. The zero-order valence-electron chi connectivity index (χ0n) is 8.77. The van der Waals surface area contributed by atoms with E-state index in [0.29, 0.717) is 5.41 Å². The molecule has 1 N–H and O–H groups in total. The van der Waals surface area contributed by atoms with Gasteiger partial charge in [0.1, 0.15) is 0 Å². The zero-order chi connectivity index (χ0) is 9.57. The van der Waals surface area contributed by atoms with Gasteiger partial charge < -0.3 is 14.8 Å². The number of nitrogens with one attached hydrogen (secondary N) is 1. The second kappa shape index (κ2) is 5.58. The summed E-state index contributed by atoms with van der Waals surface area (Å²) in [5, 5.41) is 3.38. The van der Waals surface area contributed by atoms with E-state index in [1.165, 1.54) is 12.8 Å². The molecule has 0 atom stereocenters. The normalized spacial score (nSPS) is 21.7. The van der Waals surface area contributed by atoms with E-state index in [1.807, 2.05) is 0 Å². The Morgan fingerprint density at radius 1 is 1.15 bits per heavy atom. The molecule has 1 fully saturated rings. The summed E-state index contributed by atoms with van der Waals surface area (Å²) in [6.45, 7) is 3.96. The highest BCUT2D eigenvalue weighted by Gasteiger charge is 2.31. The lowest BCUT2D eigenvalue weighted by Gasteiger charge is -2.36. The lowest BCUT2D eigenvalue weighted by Crippen LogP contribution is -2.40. The monoisotopic (exact) mass is 187 g/mol. The van der Waals surface area contributed by atoms with E-state index in [1.54, 1.807) is 14.2 Å². The Labute approximate surface area is 80.8 Å². The molecule has 0 aromatic carbocycles. The molecule has 1 aliphatic rings. The van der Waals surface area contributed by atoms with Crippen LogP contribution in [0.2, 0.25) is 0 Å². The van der Waals surface area contributed by atoms with Crippen molar-refractivity contribution in [1.82, 2.24) is 5.32 Å². The van der Waals surface area contributed by atoms with E-state index in [4.69, 9.17) is 9.47 Å². The molecule has 1 heterocycles. The molecule has 0 aromatic heterocycles. The maximum absolute atomic E-state index is 5.30. The van der Waals surface area contributed by atoms with Gasteiger partial charge in [-0.1, -0.05) is 0 Å². The third kappa shape index (κ3) is 3.25. The molecule has 0 bridgehead atoms. The molecule has 3 heteroatoms. The number of piperidine rings is 1. The van der Waals surface area contributed by atoms with Gasteiger partial charge in [0.15, 0.2) is 0 Å². The lowest BCUT2D eigenvalue weighted by atomic mass is 9.77. The van der Waals surface area contributed by atoms with Gasteiger partial charge in [-0.05, 0) is 37.8 Å². The number of hydrogen-bond acceptors (Lipinski definition) is 3. The van der Waals surface area contributed by atoms with Crippen LogP contribution in [0.5, 0.6) is 0 Å². The van der Waals surface area contributed by atoms with Crippen LogP contribution in [0, 0.1) is 5.41 Å². The number of ether oxygens (including phenoxy) is 2. The van der Waals surface area contributed by atoms with Crippen molar-refractivity contribution in [2.45, 2.75) is 19.3 Å². The molecule has 0 saturated carbocycles. The summed E-state index contributed by atoms with van der Waals surface area (Å²) < 4.78 is 10.4. The quantitative estimate of drug-likeness (QED) is 0.697. The maximum atomic E-state index is 5.30. The summed E-state index contributed by atoms with van der Waals surface area (Å²) in [7, 11) is 3.55. The summed E-state index contributed by atoms with van der Waals surface area (Å²) in [4.78, 5) is 0. The molecule has 1 saturated heterocycles. The van der Waals surface area contributed by atoms with E-state index in [0.717, 1.165) is 32.7 Å². The predicted octanol–water partition coefficient (Wildman–Crippen LogP) is 1.04. The van der Waals surface area contributed by atoms with Crippen LogP contribution in [0.3, 0.4) is 0 Å². The van der Waals surface area contributed by atoms with Crippen LogP contribution in [0.25, 0.3) is 0 Å². The third-order valence-electron chi connectivity index (χ3n) is 2.95. The Morgan fingerprint density at radius 3 is 2.38 bits per heavy atom. The third-order valence-corrected chi connectivity index (χ3v) is 2.95. The minimum atomic E-state index is 0.371. The summed E-state index contributed by atoms with van der Waals surface area (Å²) in [5.41, 5.74) is 0.371. The van der Waals surface area contributed by atoms with Gasteiger partial charge in [0.25, 0.3) is 0 Å². The Balaban J connectivity index is 2.40. The van der Waals surface area contributed by atoms with Crippen LogP contribution in [0.1, 0.15) is 19.3 Å². The molecule has 1 rings (SSSR count). The second-order valence-corrected chi connectivity index (χ2v) is 3.93. The first-order valence-electron chi connectivity index (χ1n) is 5.02. The summed E-state index contributed by atoms with van der Waals surface area (Å²) >= 11 is 0. The molecule has 3 nitrogen and oxygen atoms in total. The maximum Gasteiger partial charge on any atom is 0.0520 e. The largest absolute Gasteiger partial charge is 0.385 e. The van der Waals surface area contributed by atoms with Gasteiger partial charge in [-0.2, -0.15) is 0 Å². The van der Waals surface area contributed by atoms with Crippen molar-refractivity contribution in [2.75, 3.05) is 40.5 Å². The molecule has 0 aromatic rings. The molecular formula is C10H21NO2. The minimum Gasteiger partial charge on any atom is -0.385 e. The fraction of sp³-hybridized carbons (Fsp3) is 1.00. The summed E-state index contributed by atoms with van der Waals surface area (Å²) in [5.74, 6) is 0. The van der Waals surface area contributed by atoms with E-state index in [2.05, 4.69) is 5.32 Å². The average Bonchev–Trinajstić information content (AvgIpc) is 2.17. The topological polar surface area (TPSA) is 30.5 Å². The van der Waals surface area contributed by atoms with Crippen molar-refractivity contribution in [3.05, 3.63) is 0 Å². The summed E-state index contributed by atoms with van der Waals surface area (Å²) in [6.07, 6.45) is 3.55. The molecule has 13 heavy (non-hydrogen) atoms.